The Hall–Kier alpha value is -2.88. The lowest BCUT2D eigenvalue weighted by Crippen LogP contribution is -2.41. The van der Waals surface area contributed by atoms with Gasteiger partial charge < -0.3 is 25.6 Å². The number of nitrogens with one attached hydrogen (secondary N) is 1. The van der Waals surface area contributed by atoms with Crippen molar-refractivity contribution in [2.45, 2.75) is 32.0 Å². The Balaban J connectivity index is 1.27. The van der Waals surface area contributed by atoms with E-state index in [9.17, 15) is 15.0 Å². The molecule has 5 rings (SSSR count). The molecule has 3 atom stereocenters. The quantitative estimate of drug-likeness (QED) is 0.434. The van der Waals surface area contributed by atoms with E-state index in [0.717, 1.165) is 39.5 Å². The van der Waals surface area contributed by atoms with Gasteiger partial charge in [-0.25, -0.2) is 4.98 Å². The van der Waals surface area contributed by atoms with Crippen molar-refractivity contribution in [3.8, 4) is 5.75 Å². The third-order valence-corrected chi connectivity index (χ3v) is 7.43. The van der Waals surface area contributed by atoms with Gasteiger partial charge in [-0.05, 0) is 43.5 Å². The van der Waals surface area contributed by atoms with Crippen LogP contribution in [0.2, 0.25) is 0 Å². The molecule has 1 fully saturated rings. The molecule has 2 aliphatic rings. The summed E-state index contributed by atoms with van der Waals surface area (Å²) in [6, 6.07) is 9.83. The number of aliphatic hydroxyl groups is 1. The number of carboxylic acids is 1. The molecular weight excluding hydrogens is 428 g/mol. The number of fused-ring (bicyclic) bond motifs is 2. The van der Waals surface area contributed by atoms with Crippen LogP contribution in [0.15, 0.2) is 30.3 Å². The van der Waals surface area contributed by atoms with Gasteiger partial charge >= 0.3 is 5.97 Å². The minimum Gasteiger partial charge on any atom is -0.492 e. The summed E-state index contributed by atoms with van der Waals surface area (Å²) >= 11 is 1.40. The summed E-state index contributed by atoms with van der Waals surface area (Å²) in [5.74, 6) is -0.239. The van der Waals surface area contributed by atoms with E-state index in [-0.39, 0.29) is 12.0 Å². The molecule has 1 saturated heterocycles. The van der Waals surface area contributed by atoms with E-state index in [1.807, 2.05) is 37.3 Å². The number of nitrogens with two attached hydrogens (primary N) is 1. The number of thiophene rings is 1. The number of aliphatic carboxylic acids is 1. The van der Waals surface area contributed by atoms with Crippen LogP contribution in [0.5, 0.6) is 5.75 Å². The van der Waals surface area contributed by atoms with Crippen molar-refractivity contribution in [2.24, 2.45) is 5.92 Å². The SMILES string of the molecule is Cc1ccc2c(N)c(C(O)N[C@H]3COc4cc(N5CC[C@H](C(=O)O)C5)ccc4C3)sc2n1. The number of rotatable bonds is 5. The summed E-state index contributed by atoms with van der Waals surface area (Å²) in [6.45, 7) is 3.61. The maximum Gasteiger partial charge on any atom is 0.308 e. The molecule has 5 N–H and O–H groups in total. The standard InChI is InChI=1S/C23H26N4O4S/c1-12-2-5-17-19(24)20(32-22(17)25-12)21(28)26-15-8-13-3-4-16(9-18(13)31-11-15)27-7-6-14(10-27)23(29)30/h2-5,9,14-15,21,26,28H,6-8,10-11,24H2,1H3,(H,29,30)/t14-,15+,21?/m0/s1. The second-order valence-electron chi connectivity index (χ2n) is 8.53. The Bertz CT molecular complexity index is 1180. The number of pyridine rings is 1. The Morgan fingerprint density at radius 3 is 3.00 bits per heavy atom. The van der Waals surface area contributed by atoms with Crippen LogP contribution in [-0.2, 0) is 11.2 Å². The Labute approximate surface area is 189 Å². The summed E-state index contributed by atoms with van der Waals surface area (Å²) in [5, 5.41) is 24.1. The average molecular weight is 455 g/mol. The minimum atomic E-state index is -0.901. The number of hydrogen-bond acceptors (Lipinski definition) is 8. The summed E-state index contributed by atoms with van der Waals surface area (Å²) in [4.78, 5) is 19.3. The second kappa shape index (κ2) is 8.23. The average Bonchev–Trinajstić information content (AvgIpc) is 3.39. The third kappa shape index (κ3) is 3.87. The summed E-state index contributed by atoms with van der Waals surface area (Å²) in [6.07, 6.45) is 0.473. The Morgan fingerprint density at radius 1 is 1.38 bits per heavy atom. The van der Waals surface area contributed by atoms with Crippen molar-refractivity contribution >= 4 is 38.9 Å². The third-order valence-electron chi connectivity index (χ3n) is 6.26. The maximum atomic E-state index is 11.2. The number of nitrogen functional groups attached to an aromatic ring is 1. The molecule has 4 heterocycles. The molecule has 1 unspecified atom stereocenters. The molecule has 0 bridgehead atoms. The molecule has 0 radical (unpaired) electrons. The van der Waals surface area contributed by atoms with Gasteiger partial charge in [0.25, 0.3) is 0 Å². The van der Waals surface area contributed by atoms with E-state index >= 15 is 0 Å². The van der Waals surface area contributed by atoms with E-state index < -0.39 is 12.2 Å². The Morgan fingerprint density at radius 2 is 2.22 bits per heavy atom. The molecule has 0 spiro atoms. The van der Waals surface area contributed by atoms with Crippen LogP contribution in [-0.4, -0.2) is 46.9 Å². The molecule has 32 heavy (non-hydrogen) atoms. The van der Waals surface area contributed by atoms with Crippen LogP contribution in [0.3, 0.4) is 0 Å². The van der Waals surface area contributed by atoms with E-state index in [1.54, 1.807) is 0 Å². The number of anilines is 2. The monoisotopic (exact) mass is 454 g/mol. The molecule has 0 aliphatic carbocycles. The van der Waals surface area contributed by atoms with Crippen LogP contribution < -0.4 is 20.7 Å². The van der Waals surface area contributed by atoms with Crippen molar-refractivity contribution in [3.63, 3.8) is 0 Å². The van der Waals surface area contributed by atoms with Crippen LogP contribution in [0.1, 0.15) is 28.8 Å². The van der Waals surface area contributed by atoms with Gasteiger partial charge in [0.05, 0.1) is 16.5 Å². The second-order valence-corrected chi connectivity index (χ2v) is 9.56. The molecular formula is C23H26N4O4S. The van der Waals surface area contributed by atoms with Crippen molar-refractivity contribution < 1.29 is 19.7 Å². The van der Waals surface area contributed by atoms with Gasteiger partial charge in [0.1, 0.15) is 23.4 Å². The zero-order valence-corrected chi connectivity index (χ0v) is 18.6. The predicted molar refractivity (Wildman–Crippen MR) is 124 cm³/mol. The fraction of sp³-hybridized carbons (Fsp3) is 0.391. The van der Waals surface area contributed by atoms with Crippen molar-refractivity contribution in [3.05, 3.63) is 46.5 Å². The summed E-state index contributed by atoms with van der Waals surface area (Å²) in [7, 11) is 0. The fourth-order valence-corrected chi connectivity index (χ4v) is 5.56. The van der Waals surface area contributed by atoms with E-state index in [0.29, 0.717) is 36.6 Å². The molecule has 0 saturated carbocycles. The number of carbonyl (C=O) groups is 1. The molecule has 1 aromatic carbocycles. The molecule has 168 valence electrons. The summed E-state index contributed by atoms with van der Waals surface area (Å²) in [5.41, 5.74) is 9.79. The van der Waals surface area contributed by atoms with Gasteiger partial charge in [-0.1, -0.05) is 6.07 Å². The first-order valence-electron chi connectivity index (χ1n) is 10.7. The smallest absolute Gasteiger partial charge is 0.308 e. The molecule has 2 aliphatic heterocycles. The Kier molecular flexibility index (Phi) is 5.40. The number of aliphatic hydroxyl groups excluding tert-OH is 1. The molecule has 8 nitrogen and oxygen atoms in total. The minimum absolute atomic E-state index is 0.0640. The first-order chi connectivity index (χ1) is 15.4. The predicted octanol–water partition coefficient (Wildman–Crippen LogP) is 2.68. The van der Waals surface area contributed by atoms with Gasteiger partial charge in [-0.2, -0.15) is 0 Å². The lowest BCUT2D eigenvalue weighted by atomic mass is 10.0. The van der Waals surface area contributed by atoms with Gasteiger partial charge in [0.15, 0.2) is 0 Å². The first-order valence-corrected chi connectivity index (χ1v) is 11.5. The summed E-state index contributed by atoms with van der Waals surface area (Å²) < 4.78 is 6.00. The normalized spacial score (nSPS) is 21.4. The van der Waals surface area contributed by atoms with Crippen molar-refractivity contribution in [2.75, 3.05) is 30.3 Å². The first kappa shape index (κ1) is 21.0. The lowest BCUT2D eigenvalue weighted by Gasteiger charge is -2.29. The fourth-order valence-electron chi connectivity index (χ4n) is 4.47. The number of benzene rings is 1. The highest BCUT2D eigenvalue weighted by Gasteiger charge is 2.30. The van der Waals surface area contributed by atoms with Crippen molar-refractivity contribution in [1.29, 1.82) is 0 Å². The van der Waals surface area contributed by atoms with Crippen LogP contribution in [0.25, 0.3) is 10.2 Å². The molecule has 2 aromatic heterocycles. The number of nitrogens with zero attached hydrogens (tertiary/aromatic N) is 2. The van der Waals surface area contributed by atoms with E-state index in [4.69, 9.17) is 10.5 Å². The number of ether oxygens (including phenoxy) is 1. The number of hydrogen-bond donors (Lipinski definition) is 4. The van der Waals surface area contributed by atoms with Crippen molar-refractivity contribution in [1.82, 2.24) is 10.3 Å². The van der Waals surface area contributed by atoms with E-state index in [1.165, 1.54) is 11.3 Å². The molecule has 3 aromatic rings. The maximum absolute atomic E-state index is 11.2. The zero-order chi connectivity index (χ0) is 22.4. The zero-order valence-electron chi connectivity index (χ0n) is 17.7. The largest absolute Gasteiger partial charge is 0.492 e. The topological polar surface area (TPSA) is 121 Å². The van der Waals surface area contributed by atoms with Crippen LogP contribution >= 0.6 is 11.3 Å². The highest BCUT2D eigenvalue weighted by Crippen LogP contribution is 2.37. The highest BCUT2D eigenvalue weighted by molar-refractivity contribution is 7.19. The molecule has 9 heteroatoms. The number of carboxylic acid groups (broad SMARTS) is 1. The van der Waals surface area contributed by atoms with Crippen LogP contribution in [0, 0.1) is 12.8 Å². The lowest BCUT2D eigenvalue weighted by molar-refractivity contribution is -0.140. The van der Waals surface area contributed by atoms with Gasteiger partial charge in [-0.3, -0.25) is 10.1 Å². The van der Waals surface area contributed by atoms with Gasteiger partial charge in [-0.15, -0.1) is 11.3 Å². The van der Waals surface area contributed by atoms with Crippen LogP contribution in [0.4, 0.5) is 11.4 Å². The van der Waals surface area contributed by atoms with Gasteiger partial charge in [0, 0.05) is 42.0 Å². The van der Waals surface area contributed by atoms with E-state index in [2.05, 4.69) is 15.2 Å². The highest BCUT2D eigenvalue weighted by atomic mass is 32.1. The number of aromatic nitrogens is 1. The molecule has 0 amide bonds. The number of aryl methyl sites for hydroxylation is 1. The van der Waals surface area contributed by atoms with Gasteiger partial charge in [0.2, 0.25) is 0 Å².